The Morgan fingerprint density at radius 3 is 2.83 bits per heavy atom. The predicted octanol–water partition coefficient (Wildman–Crippen LogP) is 3.28. The molecule has 1 aliphatic heterocycles. The van der Waals surface area contributed by atoms with Gasteiger partial charge in [0.1, 0.15) is 17.1 Å². The van der Waals surface area contributed by atoms with Gasteiger partial charge in [-0.05, 0) is 31.9 Å². The van der Waals surface area contributed by atoms with Gasteiger partial charge in [0.15, 0.2) is 11.4 Å². The van der Waals surface area contributed by atoms with E-state index in [4.69, 9.17) is 9.47 Å². The lowest BCUT2D eigenvalue weighted by molar-refractivity contribution is -0.127. The first kappa shape index (κ1) is 21.5. The number of rotatable bonds is 6. The summed E-state index contributed by atoms with van der Waals surface area (Å²) in [6.45, 7) is 2.84. The van der Waals surface area contributed by atoms with Crippen molar-refractivity contribution in [3.05, 3.63) is 48.8 Å². The summed E-state index contributed by atoms with van der Waals surface area (Å²) in [6.07, 6.45) is 11.6. The summed E-state index contributed by atoms with van der Waals surface area (Å²) in [5.74, 6) is 0.437. The highest BCUT2D eigenvalue weighted by Crippen LogP contribution is 2.36. The minimum atomic E-state index is -3.79. The Kier molecular flexibility index (Phi) is 6.04. The zero-order valence-corrected chi connectivity index (χ0v) is 19.5. The first-order valence-corrected chi connectivity index (χ1v) is 12.5. The average Bonchev–Trinajstić information content (AvgIpc) is 3.20. The molecule has 0 amide bonds. The second kappa shape index (κ2) is 8.43. The van der Waals surface area contributed by atoms with Gasteiger partial charge >= 0.3 is 0 Å². The van der Waals surface area contributed by atoms with E-state index in [0.717, 1.165) is 0 Å². The molecule has 2 aromatic heterocycles. The number of fused-ring (bicyclic) bond motifs is 1. The Morgan fingerprint density at radius 2 is 2.10 bits per heavy atom. The van der Waals surface area contributed by atoms with Gasteiger partial charge in [-0.25, -0.2) is 17.4 Å². The van der Waals surface area contributed by atoms with E-state index in [9.17, 15) is 13.2 Å². The van der Waals surface area contributed by atoms with E-state index in [1.165, 1.54) is 16.4 Å². The maximum atomic E-state index is 13.5. The number of hydrogen-bond acceptors (Lipinski definition) is 6. The van der Waals surface area contributed by atoms with Crippen LogP contribution in [0.25, 0.3) is 11.0 Å². The zero-order valence-electron chi connectivity index (χ0n) is 16.5. The minimum Gasteiger partial charge on any atom is -0.485 e. The topological polar surface area (TPSA) is 87.5 Å². The van der Waals surface area contributed by atoms with Crippen molar-refractivity contribution >= 4 is 49.4 Å². The maximum Gasteiger partial charge on any atom is 0.250 e. The van der Waals surface area contributed by atoms with Gasteiger partial charge in [0, 0.05) is 31.5 Å². The van der Waals surface area contributed by atoms with Crippen LogP contribution >= 0.6 is 22.6 Å². The molecule has 7 nitrogen and oxygen atoms in total. The Balaban J connectivity index is 1.61. The highest BCUT2D eigenvalue weighted by atomic mass is 127. The number of allylic oxidation sites excluding steroid dienone is 3. The number of carbonyl (C=O) groups is 1. The minimum absolute atomic E-state index is 0.0368. The normalized spacial score (nSPS) is 24.9. The number of pyridine rings is 1. The SMILES string of the molecule is CC1(S(=O)(=O)n2ccc3c(OCC(=O)C4CCOCC4)ccnc32)C=CC=CC1I. The number of aromatic nitrogens is 2. The van der Waals surface area contributed by atoms with Crippen LogP contribution in [0.5, 0.6) is 5.75 Å². The Bertz CT molecular complexity index is 1120. The van der Waals surface area contributed by atoms with Gasteiger partial charge in [-0.15, -0.1) is 0 Å². The van der Waals surface area contributed by atoms with E-state index in [1.54, 1.807) is 31.2 Å². The number of halogens is 1. The van der Waals surface area contributed by atoms with Crippen LogP contribution in [0.15, 0.2) is 48.8 Å². The fourth-order valence-electron chi connectivity index (χ4n) is 3.73. The van der Waals surface area contributed by atoms with Crippen LogP contribution < -0.4 is 4.74 Å². The Labute approximate surface area is 189 Å². The zero-order chi connectivity index (χ0) is 21.4. The first-order chi connectivity index (χ1) is 14.3. The third kappa shape index (κ3) is 3.71. The second-order valence-electron chi connectivity index (χ2n) is 7.63. The highest BCUT2D eigenvalue weighted by Gasteiger charge is 2.44. The molecule has 4 rings (SSSR count). The first-order valence-electron chi connectivity index (χ1n) is 9.79. The van der Waals surface area contributed by atoms with Gasteiger partial charge < -0.3 is 9.47 Å². The van der Waals surface area contributed by atoms with E-state index >= 15 is 0 Å². The number of alkyl halides is 1. The van der Waals surface area contributed by atoms with Crippen LogP contribution in [-0.4, -0.2) is 51.6 Å². The van der Waals surface area contributed by atoms with Crippen molar-refractivity contribution in [2.24, 2.45) is 5.92 Å². The van der Waals surface area contributed by atoms with Crippen molar-refractivity contribution in [2.45, 2.75) is 28.4 Å². The summed E-state index contributed by atoms with van der Waals surface area (Å²) in [6, 6.07) is 3.32. The van der Waals surface area contributed by atoms with E-state index in [0.29, 0.717) is 42.8 Å². The molecule has 30 heavy (non-hydrogen) atoms. The molecule has 0 aromatic carbocycles. The van der Waals surface area contributed by atoms with Crippen molar-refractivity contribution in [3.63, 3.8) is 0 Å². The van der Waals surface area contributed by atoms with Gasteiger partial charge in [-0.2, -0.15) is 0 Å². The summed E-state index contributed by atoms with van der Waals surface area (Å²) < 4.78 is 38.0. The summed E-state index contributed by atoms with van der Waals surface area (Å²) >= 11 is 2.14. The molecule has 2 aromatic rings. The second-order valence-corrected chi connectivity index (χ2v) is 11.2. The fraction of sp³-hybridized carbons (Fsp3) is 0.429. The standard InChI is InChI=1S/C21H23IN2O5S/c1-21(9-3-2-4-19(21)22)30(26,27)24-11-6-16-18(5-10-23-20(16)24)29-14-17(25)15-7-12-28-13-8-15/h2-6,9-11,15,19H,7-8,12-14H2,1H3. The molecule has 9 heteroatoms. The lowest BCUT2D eigenvalue weighted by atomic mass is 9.96. The molecule has 1 aliphatic carbocycles. The lowest BCUT2D eigenvalue weighted by Gasteiger charge is -2.31. The van der Waals surface area contributed by atoms with Gasteiger partial charge in [0.25, 0.3) is 10.0 Å². The van der Waals surface area contributed by atoms with Gasteiger partial charge in [0.05, 0.1) is 9.31 Å². The summed E-state index contributed by atoms with van der Waals surface area (Å²) in [4.78, 5) is 16.7. The molecule has 0 saturated carbocycles. The van der Waals surface area contributed by atoms with Crippen LogP contribution in [0.4, 0.5) is 0 Å². The summed E-state index contributed by atoms with van der Waals surface area (Å²) in [5.41, 5.74) is 0.291. The van der Waals surface area contributed by atoms with Crippen LogP contribution in [0.3, 0.4) is 0 Å². The fourth-order valence-corrected chi connectivity index (χ4v) is 6.77. The summed E-state index contributed by atoms with van der Waals surface area (Å²) in [5, 5.41) is 0.560. The Morgan fingerprint density at radius 1 is 1.33 bits per heavy atom. The number of Topliss-reactive ketones (excluding diaryl/α,β-unsaturated/α-hetero) is 1. The van der Waals surface area contributed by atoms with Crippen molar-refractivity contribution in [1.29, 1.82) is 0 Å². The van der Waals surface area contributed by atoms with Crippen LogP contribution in [0.2, 0.25) is 0 Å². The molecule has 0 spiro atoms. The molecular formula is C21H23IN2O5S. The number of nitrogens with zero attached hydrogens (tertiary/aromatic N) is 2. The molecule has 0 N–H and O–H groups in total. The quantitative estimate of drug-likeness (QED) is 0.412. The molecule has 160 valence electrons. The van der Waals surface area contributed by atoms with Crippen LogP contribution in [0.1, 0.15) is 19.8 Å². The number of ketones is 1. The number of ether oxygens (including phenoxy) is 2. The van der Waals surface area contributed by atoms with E-state index in [2.05, 4.69) is 27.6 Å². The molecule has 0 radical (unpaired) electrons. The third-order valence-electron chi connectivity index (χ3n) is 5.74. The molecule has 2 unspecified atom stereocenters. The van der Waals surface area contributed by atoms with E-state index in [1.807, 2.05) is 12.2 Å². The van der Waals surface area contributed by atoms with Crippen LogP contribution in [0, 0.1) is 5.92 Å². The van der Waals surface area contributed by atoms with Gasteiger partial charge in [0.2, 0.25) is 0 Å². The molecule has 1 saturated heterocycles. The highest BCUT2D eigenvalue weighted by molar-refractivity contribution is 14.1. The van der Waals surface area contributed by atoms with Crippen LogP contribution in [-0.2, 0) is 19.6 Å². The largest absolute Gasteiger partial charge is 0.485 e. The molecular weight excluding hydrogens is 519 g/mol. The van der Waals surface area contributed by atoms with Crippen molar-refractivity contribution in [2.75, 3.05) is 19.8 Å². The van der Waals surface area contributed by atoms with Crippen molar-refractivity contribution in [1.82, 2.24) is 8.96 Å². The Hall–Kier alpha value is -1.72. The number of hydrogen-bond donors (Lipinski definition) is 0. The monoisotopic (exact) mass is 542 g/mol. The van der Waals surface area contributed by atoms with Crippen molar-refractivity contribution < 1.29 is 22.7 Å². The molecule has 2 aliphatic rings. The lowest BCUT2D eigenvalue weighted by Crippen LogP contribution is -2.45. The van der Waals surface area contributed by atoms with Gasteiger partial charge in [-0.1, -0.05) is 46.9 Å². The average molecular weight is 542 g/mol. The third-order valence-corrected chi connectivity index (χ3v) is 10.2. The maximum absolute atomic E-state index is 13.5. The smallest absolute Gasteiger partial charge is 0.250 e. The molecule has 0 bridgehead atoms. The van der Waals surface area contributed by atoms with E-state index < -0.39 is 14.8 Å². The summed E-state index contributed by atoms with van der Waals surface area (Å²) in [7, 11) is -3.79. The molecule has 2 atom stereocenters. The number of carbonyl (C=O) groups excluding carboxylic acids is 1. The van der Waals surface area contributed by atoms with E-state index in [-0.39, 0.29) is 22.2 Å². The van der Waals surface area contributed by atoms with Gasteiger partial charge in [-0.3, -0.25) is 4.79 Å². The molecule has 1 fully saturated rings. The molecule has 3 heterocycles. The predicted molar refractivity (Wildman–Crippen MR) is 123 cm³/mol. The van der Waals surface area contributed by atoms with Crippen molar-refractivity contribution in [3.8, 4) is 5.75 Å².